The van der Waals surface area contributed by atoms with Crippen LogP contribution >= 0.6 is 0 Å². The highest BCUT2D eigenvalue weighted by atomic mass is 16.3. The summed E-state index contributed by atoms with van der Waals surface area (Å²) < 4.78 is 0. The van der Waals surface area contributed by atoms with E-state index in [1.165, 1.54) is 0 Å². The minimum atomic E-state index is -0.228. The molecule has 0 amide bonds. The van der Waals surface area contributed by atoms with E-state index in [0.717, 1.165) is 52.1 Å². The first-order valence-electron chi connectivity index (χ1n) is 7.17. The predicted molar refractivity (Wildman–Crippen MR) is 74.7 cm³/mol. The van der Waals surface area contributed by atoms with Gasteiger partial charge in [0.25, 0.3) is 0 Å². The molecule has 0 aromatic carbocycles. The summed E-state index contributed by atoms with van der Waals surface area (Å²) in [5.74, 6) is 0. The van der Waals surface area contributed by atoms with Crippen molar-refractivity contribution in [2.24, 2.45) is 5.41 Å². The van der Waals surface area contributed by atoms with Crippen LogP contribution in [0.5, 0.6) is 0 Å². The summed E-state index contributed by atoms with van der Waals surface area (Å²) in [4.78, 5) is 4.76. The Morgan fingerprint density at radius 3 is 2.06 bits per heavy atom. The van der Waals surface area contributed by atoms with Crippen molar-refractivity contribution in [3.05, 3.63) is 0 Å². The van der Waals surface area contributed by atoms with Crippen molar-refractivity contribution in [1.29, 1.82) is 0 Å². The van der Waals surface area contributed by atoms with E-state index in [0.29, 0.717) is 0 Å². The lowest BCUT2D eigenvalue weighted by atomic mass is 9.87. The number of β-amino-alcohol motifs (C(OH)–C–C–N with tert-alkyl or cyclic N) is 1. The quantitative estimate of drug-likeness (QED) is 0.765. The van der Waals surface area contributed by atoms with Crippen LogP contribution in [0.1, 0.15) is 33.6 Å². The number of hydrogen-bond acceptors (Lipinski definition) is 4. The van der Waals surface area contributed by atoms with E-state index in [4.69, 9.17) is 5.11 Å². The molecule has 108 valence electrons. The molecule has 0 radical (unpaired) electrons. The topological polar surface area (TPSA) is 46.9 Å². The summed E-state index contributed by atoms with van der Waals surface area (Å²) in [6, 6.07) is 0. The maximum atomic E-state index is 10.1. The lowest BCUT2D eigenvalue weighted by molar-refractivity contribution is 0.0459. The van der Waals surface area contributed by atoms with Crippen LogP contribution in [0, 0.1) is 5.41 Å². The van der Waals surface area contributed by atoms with E-state index in [-0.39, 0.29) is 18.1 Å². The number of rotatable bonds is 5. The second-order valence-corrected chi connectivity index (χ2v) is 6.43. The van der Waals surface area contributed by atoms with Gasteiger partial charge in [0.05, 0.1) is 12.7 Å². The summed E-state index contributed by atoms with van der Waals surface area (Å²) in [6.07, 6.45) is 1.78. The summed E-state index contributed by atoms with van der Waals surface area (Å²) in [6.45, 7) is 12.6. The Morgan fingerprint density at radius 2 is 1.56 bits per heavy atom. The van der Waals surface area contributed by atoms with Crippen LogP contribution in [-0.4, -0.2) is 72.0 Å². The Bertz CT molecular complexity index is 228. The summed E-state index contributed by atoms with van der Waals surface area (Å²) in [5.41, 5.74) is -0.0191. The largest absolute Gasteiger partial charge is 0.395 e. The molecule has 1 atom stereocenters. The zero-order chi connectivity index (χ0) is 13.6. The molecule has 0 saturated carbocycles. The summed E-state index contributed by atoms with van der Waals surface area (Å²) >= 11 is 0. The number of nitrogens with zero attached hydrogens (tertiary/aromatic N) is 2. The molecule has 1 unspecified atom stereocenters. The summed E-state index contributed by atoms with van der Waals surface area (Å²) in [7, 11) is 0. The molecule has 0 aromatic heterocycles. The normalized spacial score (nSPS) is 21.8. The first kappa shape index (κ1) is 15.9. The summed E-state index contributed by atoms with van der Waals surface area (Å²) in [5, 5.41) is 19.0. The molecule has 1 rings (SSSR count). The maximum Gasteiger partial charge on any atom is 0.0600 e. The fourth-order valence-corrected chi connectivity index (χ4v) is 2.35. The van der Waals surface area contributed by atoms with Crippen molar-refractivity contribution in [1.82, 2.24) is 9.80 Å². The minimum Gasteiger partial charge on any atom is -0.395 e. The van der Waals surface area contributed by atoms with E-state index in [9.17, 15) is 5.11 Å². The molecule has 0 aliphatic carbocycles. The van der Waals surface area contributed by atoms with Crippen LogP contribution < -0.4 is 0 Å². The fourth-order valence-electron chi connectivity index (χ4n) is 2.35. The molecule has 1 fully saturated rings. The van der Waals surface area contributed by atoms with Crippen LogP contribution in [0.25, 0.3) is 0 Å². The molecular formula is C14H30N2O2. The van der Waals surface area contributed by atoms with E-state index < -0.39 is 0 Å². The highest BCUT2D eigenvalue weighted by molar-refractivity contribution is 4.76. The molecule has 1 aliphatic rings. The fraction of sp³-hybridized carbons (Fsp3) is 1.00. The van der Waals surface area contributed by atoms with Gasteiger partial charge in [0.15, 0.2) is 0 Å². The average molecular weight is 258 g/mol. The third kappa shape index (κ3) is 5.65. The molecule has 4 heteroatoms. The van der Waals surface area contributed by atoms with Gasteiger partial charge in [-0.1, -0.05) is 20.8 Å². The molecule has 18 heavy (non-hydrogen) atoms. The molecule has 0 bridgehead atoms. The second-order valence-electron chi connectivity index (χ2n) is 6.43. The number of hydrogen-bond donors (Lipinski definition) is 2. The molecule has 0 spiro atoms. The molecule has 2 N–H and O–H groups in total. The van der Waals surface area contributed by atoms with Gasteiger partial charge in [-0.3, -0.25) is 4.90 Å². The van der Waals surface area contributed by atoms with E-state index in [1.807, 2.05) is 0 Å². The first-order chi connectivity index (χ1) is 8.43. The van der Waals surface area contributed by atoms with Crippen LogP contribution in [-0.2, 0) is 0 Å². The lowest BCUT2D eigenvalue weighted by Crippen LogP contribution is -2.35. The second kappa shape index (κ2) is 7.43. The Labute approximate surface area is 112 Å². The highest BCUT2D eigenvalue weighted by Gasteiger charge is 2.23. The van der Waals surface area contributed by atoms with Crippen molar-refractivity contribution in [2.45, 2.75) is 39.7 Å². The van der Waals surface area contributed by atoms with Crippen molar-refractivity contribution in [3.8, 4) is 0 Å². The van der Waals surface area contributed by atoms with E-state index >= 15 is 0 Å². The highest BCUT2D eigenvalue weighted by Crippen LogP contribution is 2.21. The number of aliphatic hydroxyl groups is 2. The van der Waals surface area contributed by atoms with E-state index in [2.05, 4.69) is 30.6 Å². The smallest absolute Gasteiger partial charge is 0.0600 e. The van der Waals surface area contributed by atoms with Gasteiger partial charge in [-0.2, -0.15) is 0 Å². The number of aliphatic hydroxyl groups excluding tert-OH is 2. The van der Waals surface area contributed by atoms with Crippen LogP contribution in [0.4, 0.5) is 0 Å². The molecule has 1 heterocycles. The zero-order valence-corrected chi connectivity index (χ0v) is 12.2. The van der Waals surface area contributed by atoms with Gasteiger partial charge in [-0.05, 0) is 31.3 Å². The zero-order valence-electron chi connectivity index (χ0n) is 12.2. The Morgan fingerprint density at radius 1 is 1.00 bits per heavy atom. The SMILES string of the molecule is CC(C)(C)C(O)CCN1CCCN(CCO)CC1. The van der Waals surface area contributed by atoms with Gasteiger partial charge in [0.2, 0.25) is 0 Å². The van der Waals surface area contributed by atoms with Crippen molar-refractivity contribution in [2.75, 3.05) is 45.9 Å². The third-order valence-electron chi connectivity index (χ3n) is 3.82. The monoisotopic (exact) mass is 258 g/mol. The minimum absolute atomic E-state index is 0.0191. The molecule has 1 aliphatic heterocycles. The van der Waals surface area contributed by atoms with Crippen LogP contribution in [0.3, 0.4) is 0 Å². The maximum absolute atomic E-state index is 10.1. The van der Waals surface area contributed by atoms with Gasteiger partial charge < -0.3 is 15.1 Å². The molecule has 4 nitrogen and oxygen atoms in total. The van der Waals surface area contributed by atoms with Crippen LogP contribution in [0.15, 0.2) is 0 Å². The Balaban J connectivity index is 2.27. The van der Waals surface area contributed by atoms with Gasteiger partial charge in [-0.25, -0.2) is 0 Å². The average Bonchev–Trinajstić information content (AvgIpc) is 2.51. The van der Waals surface area contributed by atoms with Gasteiger partial charge in [0.1, 0.15) is 0 Å². The van der Waals surface area contributed by atoms with Crippen molar-refractivity contribution in [3.63, 3.8) is 0 Å². The Kier molecular flexibility index (Phi) is 6.57. The first-order valence-corrected chi connectivity index (χ1v) is 7.17. The molecular weight excluding hydrogens is 228 g/mol. The van der Waals surface area contributed by atoms with E-state index in [1.54, 1.807) is 0 Å². The predicted octanol–water partition coefficient (Wildman–Crippen LogP) is 0.784. The lowest BCUT2D eigenvalue weighted by Gasteiger charge is -2.28. The van der Waals surface area contributed by atoms with Crippen molar-refractivity contribution < 1.29 is 10.2 Å². The third-order valence-corrected chi connectivity index (χ3v) is 3.82. The van der Waals surface area contributed by atoms with Gasteiger partial charge >= 0.3 is 0 Å². The van der Waals surface area contributed by atoms with Gasteiger partial charge in [-0.15, -0.1) is 0 Å². The molecule has 0 aromatic rings. The standard InChI is InChI=1S/C14H30N2O2/c1-14(2,3)13(18)5-8-15-6-4-7-16(10-9-15)11-12-17/h13,17-18H,4-12H2,1-3H3. The van der Waals surface area contributed by atoms with Crippen molar-refractivity contribution >= 4 is 0 Å². The molecule has 1 saturated heterocycles. The Hall–Kier alpha value is -0.160. The van der Waals surface area contributed by atoms with Crippen LogP contribution in [0.2, 0.25) is 0 Å². The van der Waals surface area contributed by atoms with Gasteiger partial charge in [0, 0.05) is 26.2 Å².